The molecule has 138 valence electrons. The molecule has 2 saturated heterocycles. The van der Waals surface area contributed by atoms with Crippen molar-refractivity contribution in [3.63, 3.8) is 0 Å². The summed E-state index contributed by atoms with van der Waals surface area (Å²) in [5.41, 5.74) is 2.09. The highest BCUT2D eigenvalue weighted by molar-refractivity contribution is 5.92. The first-order chi connectivity index (χ1) is 12.1. The first-order valence-electron chi connectivity index (χ1n) is 9.18. The van der Waals surface area contributed by atoms with Crippen LogP contribution in [0.5, 0.6) is 5.75 Å². The summed E-state index contributed by atoms with van der Waals surface area (Å²) in [7, 11) is 3.48. The summed E-state index contributed by atoms with van der Waals surface area (Å²) in [6, 6.07) is 5.66. The fraction of sp³-hybridized carbons (Fsp3) is 0.632. The molecule has 0 aliphatic carbocycles. The van der Waals surface area contributed by atoms with Crippen LogP contribution in [0.4, 0.5) is 11.4 Å². The van der Waals surface area contributed by atoms with E-state index >= 15 is 0 Å². The van der Waals surface area contributed by atoms with Crippen LogP contribution in [0, 0.1) is 5.41 Å². The average Bonchev–Trinajstić information content (AvgIpc) is 3.21. The number of methoxy groups -OCH3 is 1. The second-order valence-corrected chi connectivity index (χ2v) is 7.29. The zero-order valence-corrected chi connectivity index (χ0v) is 15.6. The first-order valence-corrected chi connectivity index (χ1v) is 9.18. The van der Waals surface area contributed by atoms with Crippen LogP contribution in [-0.4, -0.2) is 69.1 Å². The zero-order valence-electron chi connectivity index (χ0n) is 15.6. The number of benzene rings is 1. The molecule has 2 N–H and O–H groups in total. The van der Waals surface area contributed by atoms with Gasteiger partial charge in [-0.05, 0) is 50.0 Å². The molecule has 6 heteroatoms. The van der Waals surface area contributed by atoms with Crippen molar-refractivity contribution in [2.45, 2.75) is 19.8 Å². The van der Waals surface area contributed by atoms with E-state index in [1.165, 1.54) is 25.9 Å². The summed E-state index contributed by atoms with van der Waals surface area (Å²) in [5, 5.41) is 6.07. The summed E-state index contributed by atoms with van der Waals surface area (Å²) in [6.45, 7) is 8.27. The van der Waals surface area contributed by atoms with Crippen molar-refractivity contribution in [3.8, 4) is 5.75 Å². The Kier molecular flexibility index (Phi) is 5.49. The molecule has 2 aliphatic heterocycles. The van der Waals surface area contributed by atoms with Crippen LogP contribution < -0.4 is 15.4 Å². The lowest BCUT2D eigenvalue weighted by atomic mass is 9.86. The van der Waals surface area contributed by atoms with Crippen molar-refractivity contribution < 1.29 is 9.53 Å². The van der Waals surface area contributed by atoms with E-state index in [4.69, 9.17) is 4.74 Å². The number of amides is 1. The second-order valence-electron chi connectivity index (χ2n) is 7.29. The monoisotopic (exact) mass is 346 g/mol. The van der Waals surface area contributed by atoms with Gasteiger partial charge in [-0.15, -0.1) is 0 Å². The van der Waals surface area contributed by atoms with Gasteiger partial charge in [0, 0.05) is 31.9 Å². The van der Waals surface area contributed by atoms with E-state index in [-0.39, 0.29) is 5.91 Å². The molecule has 2 aliphatic rings. The van der Waals surface area contributed by atoms with Gasteiger partial charge in [-0.1, -0.05) is 6.92 Å². The summed E-state index contributed by atoms with van der Waals surface area (Å²) in [6.07, 6.45) is 2.48. The average molecular weight is 346 g/mol. The number of nitrogens with one attached hydrogen (secondary N) is 2. The molecule has 6 nitrogen and oxygen atoms in total. The van der Waals surface area contributed by atoms with E-state index in [9.17, 15) is 4.79 Å². The molecule has 0 bridgehead atoms. The molecule has 2 fully saturated rings. The quantitative estimate of drug-likeness (QED) is 0.826. The van der Waals surface area contributed by atoms with Crippen molar-refractivity contribution in [1.82, 2.24) is 9.80 Å². The third kappa shape index (κ3) is 4.07. The molecular formula is C19H30N4O2. The Hall–Kier alpha value is -1.79. The van der Waals surface area contributed by atoms with Gasteiger partial charge in [-0.2, -0.15) is 0 Å². The fourth-order valence-corrected chi connectivity index (χ4v) is 4.17. The minimum absolute atomic E-state index is 0.0432. The van der Waals surface area contributed by atoms with Gasteiger partial charge in [-0.3, -0.25) is 9.69 Å². The van der Waals surface area contributed by atoms with E-state index in [1.54, 1.807) is 7.11 Å². The summed E-state index contributed by atoms with van der Waals surface area (Å²) >= 11 is 0. The van der Waals surface area contributed by atoms with E-state index < -0.39 is 0 Å². The largest absolute Gasteiger partial charge is 0.495 e. The van der Waals surface area contributed by atoms with E-state index in [0.717, 1.165) is 36.8 Å². The maximum Gasteiger partial charge on any atom is 0.238 e. The maximum absolute atomic E-state index is 12.4. The number of anilines is 2. The Morgan fingerprint density at radius 3 is 2.60 bits per heavy atom. The predicted molar refractivity (Wildman–Crippen MR) is 101 cm³/mol. The molecule has 25 heavy (non-hydrogen) atoms. The van der Waals surface area contributed by atoms with Gasteiger partial charge in [0.1, 0.15) is 5.75 Å². The van der Waals surface area contributed by atoms with Gasteiger partial charge >= 0.3 is 0 Å². The predicted octanol–water partition coefficient (Wildman–Crippen LogP) is 2.09. The molecular weight excluding hydrogens is 316 g/mol. The number of hydrogen-bond donors (Lipinski definition) is 2. The fourth-order valence-electron chi connectivity index (χ4n) is 4.17. The Morgan fingerprint density at radius 2 is 1.96 bits per heavy atom. The smallest absolute Gasteiger partial charge is 0.238 e. The van der Waals surface area contributed by atoms with E-state index in [0.29, 0.717) is 12.0 Å². The van der Waals surface area contributed by atoms with Crippen molar-refractivity contribution in [1.29, 1.82) is 0 Å². The standard InChI is InChI=1S/C19H30N4O2/c1-4-22-9-7-19(13-22)8-10-23(14-19)12-18(24)21-15-5-6-16(20-2)17(11-15)25-3/h5-6,11,20H,4,7-10,12-14H2,1-3H3,(H,21,24). The lowest BCUT2D eigenvalue weighted by Gasteiger charge is -2.24. The summed E-state index contributed by atoms with van der Waals surface area (Å²) in [5.74, 6) is 0.771. The molecule has 0 saturated carbocycles. The van der Waals surface area contributed by atoms with Crippen LogP contribution in [0.15, 0.2) is 18.2 Å². The van der Waals surface area contributed by atoms with Crippen LogP contribution >= 0.6 is 0 Å². The summed E-state index contributed by atoms with van der Waals surface area (Å²) < 4.78 is 5.35. The van der Waals surface area contributed by atoms with Crippen LogP contribution in [0.2, 0.25) is 0 Å². The molecule has 1 amide bonds. The highest BCUT2D eigenvalue weighted by Crippen LogP contribution is 2.39. The number of likely N-dealkylation sites (tertiary alicyclic amines) is 2. The van der Waals surface area contributed by atoms with E-state index in [2.05, 4.69) is 27.4 Å². The zero-order chi connectivity index (χ0) is 17.9. The Bertz CT molecular complexity index is 621. The van der Waals surface area contributed by atoms with E-state index in [1.807, 2.05) is 25.2 Å². The number of nitrogens with zero attached hydrogens (tertiary/aromatic N) is 2. The Morgan fingerprint density at radius 1 is 1.24 bits per heavy atom. The normalized spacial score (nSPS) is 24.0. The van der Waals surface area contributed by atoms with Crippen molar-refractivity contribution in [3.05, 3.63) is 18.2 Å². The minimum Gasteiger partial charge on any atom is -0.495 e. The van der Waals surface area contributed by atoms with Crippen molar-refractivity contribution in [2.24, 2.45) is 5.41 Å². The number of carbonyl (C=O) groups is 1. The topological polar surface area (TPSA) is 56.8 Å². The highest BCUT2D eigenvalue weighted by Gasteiger charge is 2.43. The Balaban J connectivity index is 1.53. The van der Waals surface area contributed by atoms with Gasteiger partial charge in [0.15, 0.2) is 0 Å². The lowest BCUT2D eigenvalue weighted by Crippen LogP contribution is -2.35. The highest BCUT2D eigenvalue weighted by atomic mass is 16.5. The molecule has 1 atom stereocenters. The molecule has 3 rings (SSSR count). The minimum atomic E-state index is 0.0432. The Labute approximate surface area is 150 Å². The van der Waals surface area contributed by atoms with Gasteiger partial charge in [0.25, 0.3) is 0 Å². The molecule has 1 spiro atoms. The van der Waals surface area contributed by atoms with Crippen molar-refractivity contribution in [2.75, 3.05) is 64.1 Å². The molecule has 0 radical (unpaired) electrons. The third-order valence-electron chi connectivity index (χ3n) is 5.60. The molecule has 0 aromatic heterocycles. The molecule has 1 aromatic rings. The lowest BCUT2D eigenvalue weighted by molar-refractivity contribution is -0.117. The summed E-state index contributed by atoms with van der Waals surface area (Å²) in [4.78, 5) is 17.3. The maximum atomic E-state index is 12.4. The van der Waals surface area contributed by atoms with Crippen molar-refractivity contribution >= 4 is 17.3 Å². The van der Waals surface area contributed by atoms with Gasteiger partial charge in [0.05, 0.1) is 19.3 Å². The first kappa shape index (κ1) is 18.0. The SMILES string of the molecule is CCN1CCC2(CCN(CC(=O)Nc3ccc(NC)c(OC)c3)C2)C1. The number of rotatable bonds is 6. The molecule has 1 aromatic carbocycles. The number of hydrogen-bond acceptors (Lipinski definition) is 5. The number of carbonyl (C=O) groups excluding carboxylic acids is 1. The number of ether oxygens (including phenoxy) is 1. The van der Waals surface area contributed by atoms with Gasteiger partial charge in [0.2, 0.25) is 5.91 Å². The molecule has 1 unspecified atom stereocenters. The van der Waals surface area contributed by atoms with Gasteiger partial charge < -0.3 is 20.3 Å². The van der Waals surface area contributed by atoms with Crippen LogP contribution in [0.3, 0.4) is 0 Å². The second kappa shape index (κ2) is 7.62. The molecule has 2 heterocycles. The third-order valence-corrected chi connectivity index (χ3v) is 5.60. The van der Waals surface area contributed by atoms with Crippen LogP contribution in [0.1, 0.15) is 19.8 Å². The van der Waals surface area contributed by atoms with Gasteiger partial charge in [-0.25, -0.2) is 0 Å². The van der Waals surface area contributed by atoms with Crippen LogP contribution in [0.25, 0.3) is 0 Å². The van der Waals surface area contributed by atoms with Crippen LogP contribution in [-0.2, 0) is 4.79 Å².